The molecule has 1 fully saturated rings. The van der Waals surface area contributed by atoms with E-state index in [-0.39, 0.29) is 5.91 Å². The second-order valence-electron chi connectivity index (χ2n) is 3.83. The number of carbonyl (C=O) groups is 1. The summed E-state index contributed by atoms with van der Waals surface area (Å²) in [6.45, 7) is 2.65. The van der Waals surface area contributed by atoms with Gasteiger partial charge in [0.15, 0.2) is 0 Å². The first kappa shape index (κ1) is 10.5. The lowest BCUT2D eigenvalue weighted by atomic mass is 10.2. The molecule has 1 saturated heterocycles. The first-order valence-electron chi connectivity index (χ1n) is 5.18. The van der Waals surface area contributed by atoms with Crippen molar-refractivity contribution in [2.24, 2.45) is 5.11 Å². The van der Waals surface area contributed by atoms with E-state index in [4.69, 9.17) is 5.53 Å². The van der Waals surface area contributed by atoms with E-state index in [1.807, 2.05) is 19.1 Å². The number of hydrogen-bond acceptors (Lipinski definition) is 2. The zero-order valence-electron chi connectivity index (χ0n) is 9.05. The number of amides is 1. The van der Waals surface area contributed by atoms with Crippen LogP contribution in [0, 0.1) is 6.92 Å². The lowest BCUT2D eigenvalue weighted by molar-refractivity contribution is -0.117. The fourth-order valence-electron chi connectivity index (χ4n) is 1.89. The van der Waals surface area contributed by atoms with Gasteiger partial charge < -0.3 is 4.90 Å². The van der Waals surface area contributed by atoms with E-state index in [0.717, 1.165) is 17.7 Å². The predicted octanol–water partition coefficient (Wildman–Crippen LogP) is 3.06. The molecule has 0 aromatic heterocycles. The third-order valence-electron chi connectivity index (χ3n) is 2.65. The Balaban J connectivity index is 2.48. The fourth-order valence-corrected chi connectivity index (χ4v) is 1.89. The molecule has 5 heteroatoms. The molecule has 0 aliphatic carbocycles. The number of azide groups is 1. The van der Waals surface area contributed by atoms with E-state index in [1.54, 1.807) is 11.0 Å². The molecule has 16 heavy (non-hydrogen) atoms. The molecule has 0 unspecified atom stereocenters. The Hall–Kier alpha value is -2.00. The second-order valence-corrected chi connectivity index (χ2v) is 3.83. The van der Waals surface area contributed by atoms with Crippen molar-refractivity contribution >= 4 is 17.3 Å². The first-order chi connectivity index (χ1) is 7.72. The van der Waals surface area contributed by atoms with Crippen molar-refractivity contribution in [2.45, 2.75) is 19.8 Å². The number of anilines is 1. The molecule has 1 aliphatic rings. The van der Waals surface area contributed by atoms with Gasteiger partial charge in [-0.15, -0.1) is 0 Å². The number of aryl methyl sites for hydroxylation is 1. The highest BCUT2D eigenvalue weighted by atomic mass is 16.2. The van der Waals surface area contributed by atoms with Gasteiger partial charge in [0.05, 0.1) is 11.4 Å². The number of nitrogens with zero attached hydrogens (tertiary/aromatic N) is 4. The minimum atomic E-state index is 0.0972. The molecule has 0 spiro atoms. The topological polar surface area (TPSA) is 69.1 Å². The summed E-state index contributed by atoms with van der Waals surface area (Å²) in [6, 6.07) is 5.50. The van der Waals surface area contributed by atoms with Crippen LogP contribution in [0.25, 0.3) is 10.4 Å². The summed E-state index contributed by atoms with van der Waals surface area (Å²) in [4.78, 5) is 16.1. The highest BCUT2D eigenvalue weighted by Gasteiger charge is 2.23. The molecular weight excluding hydrogens is 204 g/mol. The SMILES string of the molecule is Cc1ccc(N=[N+]=[N-])c(N2CCCC2=O)c1. The molecule has 1 aliphatic heterocycles. The number of carbonyl (C=O) groups excluding carboxylic acids is 1. The maximum atomic E-state index is 11.6. The number of rotatable bonds is 2. The summed E-state index contributed by atoms with van der Waals surface area (Å²) in [5.41, 5.74) is 10.8. The molecule has 2 rings (SSSR count). The summed E-state index contributed by atoms with van der Waals surface area (Å²) in [6.07, 6.45) is 1.44. The maximum absolute atomic E-state index is 11.6. The van der Waals surface area contributed by atoms with Crippen molar-refractivity contribution in [3.8, 4) is 0 Å². The highest BCUT2D eigenvalue weighted by Crippen LogP contribution is 2.32. The van der Waals surface area contributed by atoms with Gasteiger partial charge in [-0.2, -0.15) is 0 Å². The molecule has 1 amide bonds. The number of hydrogen-bond donors (Lipinski definition) is 0. The van der Waals surface area contributed by atoms with E-state index in [9.17, 15) is 4.79 Å². The van der Waals surface area contributed by atoms with Gasteiger partial charge in [-0.1, -0.05) is 17.2 Å². The van der Waals surface area contributed by atoms with Crippen molar-refractivity contribution in [1.82, 2.24) is 0 Å². The van der Waals surface area contributed by atoms with Crippen LogP contribution in [0.5, 0.6) is 0 Å². The van der Waals surface area contributed by atoms with E-state index in [2.05, 4.69) is 10.0 Å². The van der Waals surface area contributed by atoms with Crippen LogP contribution in [0.15, 0.2) is 23.3 Å². The Labute approximate surface area is 93.3 Å². The van der Waals surface area contributed by atoms with E-state index in [0.29, 0.717) is 18.7 Å². The zero-order valence-corrected chi connectivity index (χ0v) is 9.05. The smallest absolute Gasteiger partial charge is 0.227 e. The molecule has 82 valence electrons. The average Bonchev–Trinajstić information content (AvgIpc) is 2.67. The van der Waals surface area contributed by atoms with Crippen LogP contribution in [0.3, 0.4) is 0 Å². The Kier molecular flexibility index (Phi) is 2.79. The summed E-state index contributed by atoms with van der Waals surface area (Å²) < 4.78 is 0. The summed E-state index contributed by atoms with van der Waals surface area (Å²) in [5, 5.41) is 3.61. The molecule has 0 radical (unpaired) electrons. The zero-order chi connectivity index (χ0) is 11.5. The second kappa shape index (κ2) is 4.24. The molecule has 0 bridgehead atoms. The van der Waals surface area contributed by atoms with Crippen molar-refractivity contribution in [3.05, 3.63) is 34.2 Å². The van der Waals surface area contributed by atoms with Gasteiger partial charge >= 0.3 is 0 Å². The average molecular weight is 216 g/mol. The third kappa shape index (κ3) is 1.85. The van der Waals surface area contributed by atoms with Crippen LogP contribution in [-0.2, 0) is 4.79 Å². The minimum absolute atomic E-state index is 0.0972. The summed E-state index contributed by atoms with van der Waals surface area (Å²) in [5.74, 6) is 0.0972. The lowest BCUT2D eigenvalue weighted by Gasteiger charge is -2.18. The van der Waals surface area contributed by atoms with Crippen LogP contribution >= 0.6 is 0 Å². The summed E-state index contributed by atoms with van der Waals surface area (Å²) in [7, 11) is 0. The standard InChI is InChI=1S/C11H12N4O/c1-8-4-5-9(13-14-12)10(7-8)15-6-2-3-11(15)16/h4-5,7H,2-3,6H2,1H3. The molecule has 0 saturated carbocycles. The largest absolute Gasteiger partial charge is 0.312 e. The van der Waals surface area contributed by atoms with Crippen LogP contribution in [-0.4, -0.2) is 12.5 Å². The molecule has 1 heterocycles. The molecule has 1 aromatic carbocycles. The quantitative estimate of drug-likeness (QED) is 0.425. The molecule has 5 nitrogen and oxygen atoms in total. The van der Waals surface area contributed by atoms with Crippen LogP contribution in [0.1, 0.15) is 18.4 Å². The van der Waals surface area contributed by atoms with E-state index < -0.39 is 0 Å². The van der Waals surface area contributed by atoms with Gasteiger partial charge in [0.2, 0.25) is 5.91 Å². The lowest BCUT2D eigenvalue weighted by Crippen LogP contribution is -2.23. The monoisotopic (exact) mass is 216 g/mol. The molecule has 0 atom stereocenters. The van der Waals surface area contributed by atoms with Gasteiger partial charge in [0.1, 0.15) is 0 Å². The van der Waals surface area contributed by atoms with Crippen LogP contribution in [0.4, 0.5) is 11.4 Å². The minimum Gasteiger partial charge on any atom is -0.312 e. The molecule has 1 aromatic rings. The van der Waals surface area contributed by atoms with Gasteiger partial charge in [-0.25, -0.2) is 0 Å². The Morgan fingerprint density at radius 2 is 2.31 bits per heavy atom. The van der Waals surface area contributed by atoms with Gasteiger partial charge in [0, 0.05) is 17.9 Å². The van der Waals surface area contributed by atoms with Crippen molar-refractivity contribution in [2.75, 3.05) is 11.4 Å². The van der Waals surface area contributed by atoms with Crippen LogP contribution < -0.4 is 4.90 Å². The van der Waals surface area contributed by atoms with Gasteiger partial charge in [-0.3, -0.25) is 4.79 Å². The van der Waals surface area contributed by atoms with Crippen molar-refractivity contribution in [1.29, 1.82) is 0 Å². The van der Waals surface area contributed by atoms with Crippen molar-refractivity contribution < 1.29 is 4.79 Å². The third-order valence-corrected chi connectivity index (χ3v) is 2.65. The van der Waals surface area contributed by atoms with E-state index >= 15 is 0 Å². The van der Waals surface area contributed by atoms with Crippen LogP contribution in [0.2, 0.25) is 0 Å². The predicted molar refractivity (Wildman–Crippen MR) is 61.6 cm³/mol. The van der Waals surface area contributed by atoms with Gasteiger partial charge in [-0.05, 0) is 30.5 Å². The fraction of sp³-hybridized carbons (Fsp3) is 0.364. The van der Waals surface area contributed by atoms with E-state index in [1.165, 1.54) is 0 Å². The first-order valence-corrected chi connectivity index (χ1v) is 5.18. The Morgan fingerprint density at radius 1 is 1.50 bits per heavy atom. The number of benzene rings is 1. The molecule has 0 N–H and O–H groups in total. The Morgan fingerprint density at radius 3 is 2.94 bits per heavy atom. The Bertz CT molecular complexity index is 477. The highest BCUT2D eigenvalue weighted by molar-refractivity contribution is 5.98. The molecular formula is C11H12N4O. The van der Waals surface area contributed by atoms with Crippen molar-refractivity contribution in [3.63, 3.8) is 0 Å². The maximum Gasteiger partial charge on any atom is 0.227 e. The summed E-state index contributed by atoms with van der Waals surface area (Å²) >= 11 is 0. The van der Waals surface area contributed by atoms with Gasteiger partial charge in [0.25, 0.3) is 0 Å². The normalized spacial score (nSPS) is 15.1.